The van der Waals surface area contributed by atoms with Crippen molar-refractivity contribution in [3.8, 4) is 11.1 Å². The van der Waals surface area contributed by atoms with Gasteiger partial charge in [0.1, 0.15) is 0 Å². The monoisotopic (exact) mass is 209 g/mol. The van der Waals surface area contributed by atoms with Crippen LogP contribution in [-0.4, -0.2) is 6.04 Å². The van der Waals surface area contributed by atoms with Crippen LogP contribution < -0.4 is 5.32 Å². The first-order valence-corrected chi connectivity index (χ1v) is 5.84. The van der Waals surface area contributed by atoms with Crippen LogP contribution in [0.4, 0.5) is 5.69 Å². The average molecular weight is 209 g/mol. The first kappa shape index (κ1) is 9.46. The molecule has 1 fully saturated rings. The normalized spacial score (nSPS) is 14.8. The summed E-state index contributed by atoms with van der Waals surface area (Å²) in [5.74, 6) is 0. The summed E-state index contributed by atoms with van der Waals surface area (Å²) in [5.41, 5.74) is 3.80. The molecule has 0 saturated heterocycles. The number of hydrogen-bond acceptors (Lipinski definition) is 1. The highest BCUT2D eigenvalue weighted by molar-refractivity contribution is 5.66. The van der Waals surface area contributed by atoms with Gasteiger partial charge in [0.15, 0.2) is 0 Å². The summed E-state index contributed by atoms with van der Waals surface area (Å²) >= 11 is 0. The topological polar surface area (TPSA) is 12.0 Å². The Morgan fingerprint density at radius 1 is 0.750 bits per heavy atom. The Bertz CT molecular complexity index is 455. The van der Waals surface area contributed by atoms with Gasteiger partial charge < -0.3 is 5.32 Å². The molecule has 80 valence electrons. The van der Waals surface area contributed by atoms with Gasteiger partial charge in [-0.25, -0.2) is 0 Å². The van der Waals surface area contributed by atoms with E-state index in [4.69, 9.17) is 0 Å². The zero-order chi connectivity index (χ0) is 10.8. The van der Waals surface area contributed by atoms with Crippen molar-refractivity contribution in [1.82, 2.24) is 0 Å². The molecule has 1 aliphatic carbocycles. The van der Waals surface area contributed by atoms with E-state index < -0.39 is 0 Å². The number of anilines is 1. The van der Waals surface area contributed by atoms with Crippen LogP contribution in [0.25, 0.3) is 11.1 Å². The van der Waals surface area contributed by atoms with Crippen molar-refractivity contribution in [3.63, 3.8) is 0 Å². The molecule has 3 rings (SSSR count). The van der Waals surface area contributed by atoms with Crippen molar-refractivity contribution >= 4 is 5.69 Å². The van der Waals surface area contributed by atoms with Crippen molar-refractivity contribution in [1.29, 1.82) is 0 Å². The predicted molar refractivity (Wildman–Crippen MR) is 68.5 cm³/mol. The number of nitrogens with one attached hydrogen (secondary N) is 1. The quantitative estimate of drug-likeness (QED) is 0.807. The molecule has 0 aliphatic heterocycles. The molecule has 0 spiro atoms. The van der Waals surface area contributed by atoms with Gasteiger partial charge in [0.2, 0.25) is 0 Å². The van der Waals surface area contributed by atoms with Crippen LogP contribution in [0.2, 0.25) is 0 Å². The van der Waals surface area contributed by atoms with Crippen molar-refractivity contribution in [2.24, 2.45) is 0 Å². The SMILES string of the molecule is c1ccc(-c2ccc(NC3CC3)cc2)cc1. The van der Waals surface area contributed by atoms with Gasteiger partial charge in [-0.15, -0.1) is 0 Å². The summed E-state index contributed by atoms with van der Waals surface area (Å²) in [6.07, 6.45) is 2.64. The molecule has 0 heterocycles. The lowest BCUT2D eigenvalue weighted by molar-refractivity contribution is 1.16. The molecule has 1 heteroatoms. The van der Waals surface area contributed by atoms with E-state index in [1.807, 2.05) is 6.07 Å². The lowest BCUT2D eigenvalue weighted by Crippen LogP contribution is -1.99. The third-order valence-electron chi connectivity index (χ3n) is 2.94. The number of rotatable bonds is 3. The Kier molecular flexibility index (Phi) is 2.37. The zero-order valence-electron chi connectivity index (χ0n) is 9.19. The van der Waals surface area contributed by atoms with E-state index in [9.17, 15) is 0 Å². The molecule has 1 saturated carbocycles. The van der Waals surface area contributed by atoms with Crippen molar-refractivity contribution in [3.05, 3.63) is 54.6 Å². The molecule has 0 atom stereocenters. The van der Waals surface area contributed by atoms with E-state index in [2.05, 4.69) is 53.8 Å². The summed E-state index contributed by atoms with van der Waals surface area (Å²) < 4.78 is 0. The van der Waals surface area contributed by atoms with E-state index in [0.29, 0.717) is 0 Å². The molecule has 0 aromatic heterocycles. The Balaban J connectivity index is 1.81. The summed E-state index contributed by atoms with van der Waals surface area (Å²) in [6, 6.07) is 19.9. The second kappa shape index (κ2) is 4.01. The first-order valence-electron chi connectivity index (χ1n) is 5.84. The molecule has 0 bridgehead atoms. The van der Waals surface area contributed by atoms with Gasteiger partial charge in [-0.2, -0.15) is 0 Å². The van der Waals surface area contributed by atoms with Crippen LogP contribution >= 0.6 is 0 Å². The third kappa shape index (κ3) is 2.08. The first-order chi connectivity index (χ1) is 7.92. The summed E-state index contributed by atoms with van der Waals surface area (Å²) in [6.45, 7) is 0. The highest BCUT2D eigenvalue weighted by atomic mass is 14.9. The standard InChI is InChI=1S/C15H15N/c1-2-4-12(5-3-1)13-6-8-14(9-7-13)16-15-10-11-15/h1-9,15-16H,10-11H2. The van der Waals surface area contributed by atoms with Crippen LogP contribution in [0.5, 0.6) is 0 Å². The Morgan fingerprint density at radius 3 is 2.00 bits per heavy atom. The number of benzene rings is 2. The van der Waals surface area contributed by atoms with Crippen LogP contribution in [0.1, 0.15) is 12.8 Å². The van der Waals surface area contributed by atoms with Crippen LogP contribution in [0.15, 0.2) is 54.6 Å². The molecule has 2 aromatic rings. The van der Waals surface area contributed by atoms with E-state index in [0.717, 1.165) is 6.04 Å². The Morgan fingerprint density at radius 2 is 1.38 bits per heavy atom. The van der Waals surface area contributed by atoms with Gasteiger partial charge in [-0.05, 0) is 36.1 Å². The van der Waals surface area contributed by atoms with Gasteiger partial charge >= 0.3 is 0 Å². The van der Waals surface area contributed by atoms with Crippen molar-refractivity contribution in [2.45, 2.75) is 18.9 Å². The van der Waals surface area contributed by atoms with Gasteiger partial charge in [0, 0.05) is 11.7 Å². The van der Waals surface area contributed by atoms with Gasteiger partial charge in [0.25, 0.3) is 0 Å². The molecule has 1 aliphatic rings. The maximum Gasteiger partial charge on any atom is 0.0342 e. The highest BCUT2D eigenvalue weighted by Gasteiger charge is 2.20. The maximum atomic E-state index is 3.49. The average Bonchev–Trinajstić information content (AvgIpc) is 3.15. The molecule has 2 aromatic carbocycles. The smallest absolute Gasteiger partial charge is 0.0342 e. The second-order valence-corrected chi connectivity index (χ2v) is 4.36. The molecular weight excluding hydrogens is 194 g/mol. The van der Waals surface area contributed by atoms with E-state index >= 15 is 0 Å². The minimum Gasteiger partial charge on any atom is -0.382 e. The van der Waals surface area contributed by atoms with Crippen molar-refractivity contribution in [2.75, 3.05) is 5.32 Å². The molecule has 16 heavy (non-hydrogen) atoms. The minimum atomic E-state index is 0.725. The lowest BCUT2D eigenvalue weighted by Gasteiger charge is -2.06. The van der Waals surface area contributed by atoms with E-state index in [1.165, 1.54) is 29.7 Å². The molecule has 0 amide bonds. The molecule has 0 radical (unpaired) electrons. The summed E-state index contributed by atoms with van der Waals surface area (Å²) in [4.78, 5) is 0. The third-order valence-corrected chi connectivity index (χ3v) is 2.94. The number of hydrogen-bond donors (Lipinski definition) is 1. The van der Waals surface area contributed by atoms with Crippen LogP contribution in [-0.2, 0) is 0 Å². The Hall–Kier alpha value is -1.76. The fourth-order valence-corrected chi connectivity index (χ4v) is 1.85. The maximum absolute atomic E-state index is 3.49. The van der Waals surface area contributed by atoms with Gasteiger partial charge in [-0.3, -0.25) is 0 Å². The molecule has 0 unspecified atom stereocenters. The summed E-state index contributed by atoms with van der Waals surface area (Å²) in [5, 5.41) is 3.49. The summed E-state index contributed by atoms with van der Waals surface area (Å²) in [7, 11) is 0. The lowest BCUT2D eigenvalue weighted by atomic mass is 10.1. The van der Waals surface area contributed by atoms with E-state index in [-0.39, 0.29) is 0 Å². The molecular formula is C15H15N. The van der Waals surface area contributed by atoms with Crippen LogP contribution in [0.3, 0.4) is 0 Å². The molecule has 1 nitrogen and oxygen atoms in total. The minimum absolute atomic E-state index is 0.725. The van der Waals surface area contributed by atoms with Crippen molar-refractivity contribution < 1.29 is 0 Å². The second-order valence-electron chi connectivity index (χ2n) is 4.36. The Labute approximate surface area is 96.1 Å². The van der Waals surface area contributed by atoms with Crippen LogP contribution in [0, 0.1) is 0 Å². The van der Waals surface area contributed by atoms with E-state index in [1.54, 1.807) is 0 Å². The molecule has 1 N–H and O–H groups in total. The fraction of sp³-hybridized carbons (Fsp3) is 0.200. The highest BCUT2D eigenvalue weighted by Crippen LogP contribution is 2.26. The van der Waals surface area contributed by atoms with Gasteiger partial charge in [-0.1, -0.05) is 42.5 Å². The predicted octanol–water partition coefficient (Wildman–Crippen LogP) is 3.93. The largest absolute Gasteiger partial charge is 0.382 e. The zero-order valence-corrected chi connectivity index (χ0v) is 9.19. The fourth-order valence-electron chi connectivity index (χ4n) is 1.85. The van der Waals surface area contributed by atoms with Gasteiger partial charge in [0.05, 0.1) is 0 Å².